The summed E-state index contributed by atoms with van der Waals surface area (Å²) >= 11 is 0. The fourth-order valence-corrected chi connectivity index (χ4v) is 3.32. The smallest absolute Gasteiger partial charge is 0.243 e. The molecule has 0 radical (unpaired) electrons. The van der Waals surface area contributed by atoms with E-state index in [0.29, 0.717) is 0 Å². The third-order valence-electron chi connectivity index (χ3n) is 4.46. The van der Waals surface area contributed by atoms with Crippen LogP contribution in [-0.2, 0) is 4.79 Å². The van der Waals surface area contributed by atoms with Gasteiger partial charge in [-0.2, -0.15) is 0 Å². The summed E-state index contributed by atoms with van der Waals surface area (Å²) in [5.74, 6) is 0.632. The number of nitrogens with one attached hydrogen (secondary N) is 2. The van der Waals surface area contributed by atoms with E-state index >= 15 is 0 Å². The number of amides is 1. The van der Waals surface area contributed by atoms with Crippen molar-refractivity contribution >= 4 is 22.5 Å². The Kier molecular flexibility index (Phi) is 3.93. The minimum Gasteiger partial charge on any atom is -0.464 e. The van der Waals surface area contributed by atoms with Crippen LogP contribution in [0.4, 0.5) is 0 Å². The highest BCUT2D eigenvalue weighted by molar-refractivity contribution is 5.99. The van der Waals surface area contributed by atoms with Gasteiger partial charge in [-0.3, -0.25) is 4.79 Å². The van der Waals surface area contributed by atoms with Crippen LogP contribution in [0.1, 0.15) is 25.0 Å². The number of aromatic amines is 1. The lowest BCUT2D eigenvalue weighted by molar-refractivity contribution is -0.117. The summed E-state index contributed by atoms with van der Waals surface area (Å²) < 4.78 is 5.55. The minimum atomic E-state index is -0.142. The Balaban J connectivity index is 1.74. The van der Waals surface area contributed by atoms with Crippen LogP contribution in [0.5, 0.6) is 0 Å². The number of aromatic nitrogens is 3. The molecule has 3 heterocycles. The largest absolute Gasteiger partial charge is 0.464 e. The van der Waals surface area contributed by atoms with Gasteiger partial charge in [0.25, 0.3) is 0 Å². The van der Waals surface area contributed by atoms with E-state index in [0.717, 1.165) is 52.9 Å². The number of fused-ring (bicyclic) bond motifs is 1. The van der Waals surface area contributed by atoms with Crippen LogP contribution in [0.25, 0.3) is 27.9 Å². The molecule has 1 amide bonds. The first-order chi connectivity index (χ1) is 12.3. The summed E-state index contributed by atoms with van der Waals surface area (Å²) in [6.07, 6.45) is 11.1. The lowest BCUT2D eigenvalue weighted by Gasteiger charge is -2.23. The van der Waals surface area contributed by atoms with Crippen LogP contribution in [0, 0.1) is 0 Å². The second-order valence-electron chi connectivity index (χ2n) is 6.05. The van der Waals surface area contributed by atoms with Gasteiger partial charge in [-0.05, 0) is 43.0 Å². The molecule has 1 aliphatic carbocycles. The first-order valence-electron chi connectivity index (χ1n) is 8.24. The summed E-state index contributed by atoms with van der Waals surface area (Å²) in [4.78, 5) is 23.7. The number of H-pyrrole nitrogens is 1. The molecule has 6 nitrogen and oxygen atoms in total. The number of hydrogen-bond acceptors (Lipinski definition) is 4. The fraction of sp³-hybridized carbons (Fsp3) is 0.211. The van der Waals surface area contributed by atoms with Gasteiger partial charge in [0.15, 0.2) is 0 Å². The van der Waals surface area contributed by atoms with Crippen molar-refractivity contribution in [2.75, 3.05) is 0 Å². The average Bonchev–Trinajstić information content (AvgIpc) is 3.30. The monoisotopic (exact) mass is 334 g/mol. The molecule has 0 bridgehead atoms. The molecule has 2 N–H and O–H groups in total. The number of carbonyl (C=O) groups is 1. The Bertz CT molecular complexity index is 953. The summed E-state index contributed by atoms with van der Waals surface area (Å²) in [6, 6.07) is 3.86. The number of allylic oxidation sites excluding steroid dienone is 1. The summed E-state index contributed by atoms with van der Waals surface area (Å²) in [5, 5.41) is 3.93. The molecule has 1 atom stereocenters. The summed E-state index contributed by atoms with van der Waals surface area (Å²) in [5.41, 5.74) is 3.71. The highest BCUT2D eigenvalue weighted by atomic mass is 16.3. The van der Waals surface area contributed by atoms with Crippen LogP contribution in [0.3, 0.4) is 0 Å². The third-order valence-corrected chi connectivity index (χ3v) is 4.46. The zero-order chi connectivity index (χ0) is 17.2. The first kappa shape index (κ1) is 15.4. The fourth-order valence-electron chi connectivity index (χ4n) is 3.32. The Labute approximate surface area is 144 Å². The van der Waals surface area contributed by atoms with E-state index in [9.17, 15) is 4.79 Å². The van der Waals surface area contributed by atoms with Crippen molar-refractivity contribution in [1.29, 1.82) is 0 Å². The third kappa shape index (κ3) is 2.87. The van der Waals surface area contributed by atoms with Gasteiger partial charge < -0.3 is 14.7 Å². The van der Waals surface area contributed by atoms with Crippen molar-refractivity contribution in [2.45, 2.75) is 25.3 Å². The molecule has 126 valence electrons. The quantitative estimate of drug-likeness (QED) is 0.716. The molecule has 0 unspecified atom stereocenters. The maximum absolute atomic E-state index is 11.6. The van der Waals surface area contributed by atoms with Crippen molar-refractivity contribution in [3.8, 4) is 11.3 Å². The van der Waals surface area contributed by atoms with E-state index in [4.69, 9.17) is 4.42 Å². The molecule has 25 heavy (non-hydrogen) atoms. The van der Waals surface area contributed by atoms with Crippen LogP contribution in [0.2, 0.25) is 0 Å². The van der Waals surface area contributed by atoms with E-state index in [2.05, 4.69) is 32.9 Å². The lowest BCUT2D eigenvalue weighted by Crippen LogP contribution is -2.34. The molecule has 0 spiro atoms. The van der Waals surface area contributed by atoms with Crippen molar-refractivity contribution in [3.63, 3.8) is 0 Å². The van der Waals surface area contributed by atoms with Crippen molar-refractivity contribution < 1.29 is 9.21 Å². The van der Waals surface area contributed by atoms with Crippen LogP contribution >= 0.6 is 0 Å². The highest BCUT2D eigenvalue weighted by Crippen LogP contribution is 2.35. The maximum atomic E-state index is 11.6. The summed E-state index contributed by atoms with van der Waals surface area (Å²) in [7, 11) is 0. The van der Waals surface area contributed by atoms with E-state index in [1.165, 1.54) is 6.08 Å². The first-order valence-corrected chi connectivity index (χ1v) is 8.24. The van der Waals surface area contributed by atoms with Gasteiger partial charge in [-0.1, -0.05) is 12.7 Å². The maximum Gasteiger partial charge on any atom is 0.243 e. The zero-order valence-corrected chi connectivity index (χ0v) is 13.7. The Hall–Kier alpha value is -3.15. The van der Waals surface area contributed by atoms with Gasteiger partial charge in [0.2, 0.25) is 5.91 Å². The molecule has 0 aromatic carbocycles. The van der Waals surface area contributed by atoms with Crippen molar-refractivity contribution in [3.05, 3.63) is 55.3 Å². The van der Waals surface area contributed by atoms with Gasteiger partial charge >= 0.3 is 0 Å². The molecule has 1 aliphatic rings. The topological polar surface area (TPSA) is 83.8 Å². The molecule has 3 aromatic rings. The summed E-state index contributed by atoms with van der Waals surface area (Å²) in [6.45, 7) is 3.52. The molecule has 6 heteroatoms. The molecule has 0 fully saturated rings. The molecule has 4 rings (SSSR count). The molecule has 0 saturated heterocycles. The predicted octanol–water partition coefficient (Wildman–Crippen LogP) is 3.46. The Morgan fingerprint density at radius 2 is 2.36 bits per heavy atom. The van der Waals surface area contributed by atoms with Gasteiger partial charge in [0.05, 0.1) is 17.3 Å². The van der Waals surface area contributed by atoms with Crippen LogP contribution in [-0.4, -0.2) is 26.9 Å². The van der Waals surface area contributed by atoms with Gasteiger partial charge in [-0.15, -0.1) is 0 Å². The Morgan fingerprint density at radius 1 is 1.44 bits per heavy atom. The zero-order valence-electron chi connectivity index (χ0n) is 13.7. The number of furan rings is 1. The number of rotatable bonds is 4. The molecule has 3 aromatic heterocycles. The predicted molar refractivity (Wildman–Crippen MR) is 95.5 cm³/mol. The number of nitrogens with zero attached hydrogens (tertiary/aromatic N) is 2. The molecular weight excluding hydrogens is 316 g/mol. The minimum absolute atomic E-state index is 0.0847. The van der Waals surface area contributed by atoms with Gasteiger partial charge in [-0.25, -0.2) is 9.97 Å². The van der Waals surface area contributed by atoms with Gasteiger partial charge in [0, 0.05) is 17.8 Å². The van der Waals surface area contributed by atoms with E-state index in [1.54, 1.807) is 12.6 Å². The second kappa shape index (κ2) is 6.39. The van der Waals surface area contributed by atoms with E-state index in [-0.39, 0.29) is 11.9 Å². The van der Waals surface area contributed by atoms with E-state index in [1.807, 2.05) is 18.3 Å². The number of hydrogen-bond donors (Lipinski definition) is 2. The molecular formula is C19H18N4O2. The van der Waals surface area contributed by atoms with Crippen molar-refractivity contribution in [1.82, 2.24) is 20.3 Å². The van der Waals surface area contributed by atoms with Crippen LogP contribution < -0.4 is 5.32 Å². The number of carbonyl (C=O) groups excluding carboxylic acids is 1. The molecule has 0 aliphatic heterocycles. The SMILES string of the molecule is C=CC(=O)N[C@H]1CCC=C(c2ncnc3[nH]cc(-c4ccco4)c23)C1. The van der Waals surface area contributed by atoms with Crippen molar-refractivity contribution in [2.24, 2.45) is 0 Å². The lowest BCUT2D eigenvalue weighted by atomic mass is 9.91. The van der Waals surface area contributed by atoms with Crippen LogP contribution in [0.15, 0.2) is 54.1 Å². The Morgan fingerprint density at radius 3 is 3.16 bits per heavy atom. The second-order valence-corrected chi connectivity index (χ2v) is 6.05. The standard InChI is InChI=1S/C19H18N4O2/c1-2-16(24)23-13-6-3-5-12(9-13)18-17-14(15-7-4-8-25-15)10-20-19(17)22-11-21-18/h2,4-5,7-8,10-11,13H,1,3,6,9H2,(H,23,24)(H,20,21,22)/t13-/m0/s1. The van der Waals surface area contributed by atoms with Gasteiger partial charge in [0.1, 0.15) is 17.7 Å². The average molecular weight is 334 g/mol. The highest BCUT2D eigenvalue weighted by Gasteiger charge is 2.22. The normalized spacial score (nSPS) is 17.3. The van der Waals surface area contributed by atoms with E-state index < -0.39 is 0 Å². The molecule has 0 saturated carbocycles.